The number of hydrogen-bond acceptors (Lipinski definition) is 2. The summed E-state index contributed by atoms with van der Waals surface area (Å²) in [5.74, 6) is 0. The van der Waals surface area contributed by atoms with Crippen molar-refractivity contribution in [3.8, 4) is 0 Å². The van der Waals surface area contributed by atoms with Gasteiger partial charge in [0.25, 0.3) is 0 Å². The highest BCUT2D eigenvalue weighted by molar-refractivity contribution is 7.80. The summed E-state index contributed by atoms with van der Waals surface area (Å²) in [6.07, 6.45) is 8.01. The molecule has 0 bridgehead atoms. The first-order valence-electron chi connectivity index (χ1n) is 9.23. The van der Waals surface area contributed by atoms with Gasteiger partial charge in [0.1, 0.15) is 0 Å². The second kappa shape index (κ2) is 9.02. The molecule has 0 aromatic heterocycles. The van der Waals surface area contributed by atoms with Crippen molar-refractivity contribution in [1.82, 2.24) is 15.1 Å². The van der Waals surface area contributed by atoms with Gasteiger partial charge in [-0.15, -0.1) is 0 Å². The van der Waals surface area contributed by atoms with Crippen LogP contribution in [0.1, 0.15) is 37.7 Å². The van der Waals surface area contributed by atoms with Gasteiger partial charge in [-0.3, -0.25) is 4.90 Å². The highest BCUT2D eigenvalue weighted by Crippen LogP contribution is 2.23. The minimum atomic E-state index is 0.790. The summed E-state index contributed by atoms with van der Waals surface area (Å²) >= 11 is 11.5. The molecule has 24 heavy (non-hydrogen) atoms. The number of hydrogen-bond donors (Lipinski definition) is 1. The SMILES string of the molecule is S=C(NCCc1ccc(Cl)cc1)N1CCN(C2CCCCC2)CC1. The fraction of sp³-hybridized carbons (Fsp3) is 0.632. The van der Waals surface area contributed by atoms with Crippen molar-refractivity contribution in [2.24, 2.45) is 0 Å². The Hall–Kier alpha value is -0.840. The largest absolute Gasteiger partial charge is 0.362 e. The Morgan fingerprint density at radius 2 is 1.71 bits per heavy atom. The van der Waals surface area contributed by atoms with E-state index in [1.165, 1.54) is 37.7 Å². The van der Waals surface area contributed by atoms with Crippen molar-refractivity contribution in [3.05, 3.63) is 34.9 Å². The minimum Gasteiger partial charge on any atom is -0.362 e. The first-order chi connectivity index (χ1) is 11.7. The van der Waals surface area contributed by atoms with Gasteiger partial charge in [0.05, 0.1) is 0 Å². The molecule has 0 spiro atoms. The van der Waals surface area contributed by atoms with Crippen LogP contribution in [-0.2, 0) is 6.42 Å². The van der Waals surface area contributed by atoms with Crippen LogP contribution >= 0.6 is 23.8 Å². The smallest absolute Gasteiger partial charge is 0.169 e. The number of rotatable bonds is 4. The van der Waals surface area contributed by atoms with Crippen LogP contribution in [0.4, 0.5) is 0 Å². The Labute approximate surface area is 156 Å². The summed E-state index contributed by atoms with van der Waals surface area (Å²) in [4.78, 5) is 5.02. The monoisotopic (exact) mass is 365 g/mol. The molecule has 1 aromatic carbocycles. The zero-order valence-corrected chi connectivity index (χ0v) is 15.9. The summed E-state index contributed by atoms with van der Waals surface area (Å²) in [5.41, 5.74) is 1.29. The van der Waals surface area contributed by atoms with Gasteiger partial charge in [-0.25, -0.2) is 0 Å². The number of piperazine rings is 1. The number of halogens is 1. The summed E-state index contributed by atoms with van der Waals surface area (Å²) in [6.45, 7) is 5.31. The second-order valence-electron chi connectivity index (χ2n) is 6.92. The standard InChI is InChI=1S/C19H28ClN3S/c20-17-8-6-16(7-9-17)10-11-21-19(24)23-14-12-22(13-15-23)18-4-2-1-3-5-18/h6-9,18H,1-5,10-15H2,(H,21,24). The molecule has 0 radical (unpaired) electrons. The predicted molar refractivity (Wildman–Crippen MR) is 106 cm³/mol. The van der Waals surface area contributed by atoms with Crippen LogP contribution in [0, 0.1) is 0 Å². The summed E-state index contributed by atoms with van der Waals surface area (Å²) in [6, 6.07) is 8.87. The fourth-order valence-corrected chi connectivity index (χ4v) is 4.22. The van der Waals surface area contributed by atoms with Gasteiger partial charge in [0.15, 0.2) is 5.11 Å². The van der Waals surface area contributed by atoms with Crippen LogP contribution < -0.4 is 5.32 Å². The number of thiocarbonyl (C=S) groups is 1. The lowest BCUT2D eigenvalue weighted by Gasteiger charge is -2.41. The van der Waals surface area contributed by atoms with Crippen molar-refractivity contribution < 1.29 is 0 Å². The van der Waals surface area contributed by atoms with E-state index >= 15 is 0 Å². The van der Waals surface area contributed by atoms with Crippen molar-refractivity contribution in [3.63, 3.8) is 0 Å². The Morgan fingerprint density at radius 1 is 1.04 bits per heavy atom. The third-order valence-corrected chi connectivity index (χ3v) is 5.95. The molecule has 0 amide bonds. The van der Waals surface area contributed by atoms with Gasteiger partial charge in [-0.05, 0) is 49.2 Å². The normalized spacial score (nSPS) is 20.1. The Balaban J connectivity index is 1.36. The molecule has 1 saturated carbocycles. The molecule has 2 aliphatic rings. The van der Waals surface area contributed by atoms with Crippen LogP contribution in [0.15, 0.2) is 24.3 Å². The molecule has 5 heteroatoms. The molecular formula is C19H28ClN3S. The Kier molecular flexibility index (Phi) is 6.75. The average molecular weight is 366 g/mol. The number of benzene rings is 1. The van der Waals surface area contributed by atoms with Crippen molar-refractivity contribution in [2.75, 3.05) is 32.7 Å². The van der Waals surface area contributed by atoms with E-state index in [0.717, 1.165) is 55.3 Å². The molecule has 1 aromatic rings. The van der Waals surface area contributed by atoms with Crippen LogP contribution in [0.25, 0.3) is 0 Å². The van der Waals surface area contributed by atoms with Crippen molar-refractivity contribution in [2.45, 2.75) is 44.6 Å². The van der Waals surface area contributed by atoms with Crippen LogP contribution in [0.5, 0.6) is 0 Å². The first kappa shape index (κ1) is 18.0. The van der Waals surface area contributed by atoms with E-state index in [0.29, 0.717) is 0 Å². The summed E-state index contributed by atoms with van der Waals surface area (Å²) in [7, 11) is 0. The molecule has 2 fully saturated rings. The second-order valence-corrected chi connectivity index (χ2v) is 7.75. The third kappa shape index (κ3) is 5.08. The van der Waals surface area contributed by atoms with E-state index in [9.17, 15) is 0 Å². The third-order valence-electron chi connectivity index (χ3n) is 5.30. The highest BCUT2D eigenvalue weighted by Gasteiger charge is 2.25. The van der Waals surface area contributed by atoms with Gasteiger partial charge < -0.3 is 10.2 Å². The predicted octanol–water partition coefficient (Wildman–Crippen LogP) is 3.71. The maximum atomic E-state index is 5.92. The maximum absolute atomic E-state index is 5.92. The quantitative estimate of drug-likeness (QED) is 0.819. The molecule has 1 saturated heterocycles. The Morgan fingerprint density at radius 3 is 2.38 bits per heavy atom. The molecular weight excluding hydrogens is 338 g/mol. The highest BCUT2D eigenvalue weighted by atomic mass is 35.5. The topological polar surface area (TPSA) is 18.5 Å². The number of nitrogens with one attached hydrogen (secondary N) is 1. The molecule has 0 atom stereocenters. The van der Waals surface area contributed by atoms with E-state index < -0.39 is 0 Å². The van der Waals surface area contributed by atoms with Crippen molar-refractivity contribution in [1.29, 1.82) is 0 Å². The van der Waals surface area contributed by atoms with Crippen LogP contribution in [0.2, 0.25) is 5.02 Å². The molecule has 1 heterocycles. The zero-order chi connectivity index (χ0) is 16.8. The molecule has 3 rings (SSSR count). The van der Waals surface area contributed by atoms with E-state index in [1.807, 2.05) is 12.1 Å². The van der Waals surface area contributed by atoms with Gasteiger partial charge in [0.2, 0.25) is 0 Å². The lowest BCUT2D eigenvalue weighted by molar-refractivity contribution is 0.107. The molecule has 132 valence electrons. The molecule has 3 nitrogen and oxygen atoms in total. The van der Waals surface area contributed by atoms with E-state index in [1.54, 1.807) is 0 Å². The van der Waals surface area contributed by atoms with E-state index in [4.69, 9.17) is 23.8 Å². The lowest BCUT2D eigenvalue weighted by atomic mass is 9.94. The molecule has 0 unspecified atom stereocenters. The maximum Gasteiger partial charge on any atom is 0.169 e. The molecule has 1 aliphatic carbocycles. The van der Waals surface area contributed by atoms with E-state index in [-0.39, 0.29) is 0 Å². The minimum absolute atomic E-state index is 0.790. The van der Waals surface area contributed by atoms with Gasteiger partial charge in [-0.2, -0.15) is 0 Å². The van der Waals surface area contributed by atoms with Gasteiger partial charge in [-0.1, -0.05) is 43.0 Å². The average Bonchev–Trinajstić information content (AvgIpc) is 2.64. The zero-order valence-electron chi connectivity index (χ0n) is 14.3. The van der Waals surface area contributed by atoms with E-state index in [2.05, 4.69) is 27.2 Å². The number of nitrogens with zero attached hydrogens (tertiary/aromatic N) is 2. The first-order valence-corrected chi connectivity index (χ1v) is 10.0. The van der Waals surface area contributed by atoms with Gasteiger partial charge in [0, 0.05) is 43.8 Å². The van der Waals surface area contributed by atoms with Crippen LogP contribution in [-0.4, -0.2) is 53.7 Å². The van der Waals surface area contributed by atoms with Gasteiger partial charge >= 0.3 is 0 Å². The lowest BCUT2D eigenvalue weighted by Crippen LogP contribution is -2.54. The Bertz CT molecular complexity index is 520. The van der Waals surface area contributed by atoms with Crippen molar-refractivity contribution >= 4 is 28.9 Å². The molecule has 1 aliphatic heterocycles. The fourth-order valence-electron chi connectivity index (χ4n) is 3.81. The van der Waals surface area contributed by atoms with Crippen LogP contribution in [0.3, 0.4) is 0 Å². The summed E-state index contributed by atoms with van der Waals surface area (Å²) in [5, 5.41) is 5.12. The summed E-state index contributed by atoms with van der Waals surface area (Å²) < 4.78 is 0. The molecule has 1 N–H and O–H groups in total.